The maximum atomic E-state index is 11.5. The summed E-state index contributed by atoms with van der Waals surface area (Å²) in [5.41, 5.74) is -0.153. The van der Waals surface area contributed by atoms with Gasteiger partial charge in [0, 0.05) is 5.54 Å². The molecule has 1 atom stereocenters. The molecule has 3 N–H and O–H groups in total. The zero-order chi connectivity index (χ0) is 13.5. The third kappa shape index (κ3) is 8.68. The first-order chi connectivity index (χ1) is 7.76. The molecule has 0 saturated carbocycles. The van der Waals surface area contributed by atoms with Gasteiger partial charge in [0.15, 0.2) is 0 Å². The number of carbonyl (C=O) groups is 2. The van der Waals surface area contributed by atoms with Crippen LogP contribution >= 0.6 is 0 Å². The molecule has 0 aromatic carbocycles. The molecule has 0 unspecified atom stereocenters. The van der Waals surface area contributed by atoms with Crippen LogP contribution in [0.3, 0.4) is 0 Å². The van der Waals surface area contributed by atoms with Gasteiger partial charge in [-0.3, -0.25) is 4.79 Å². The summed E-state index contributed by atoms with van der Waals surface area (Å²) in [4.78, 5) is 22.4. The van der Waals surface area contributed by atoms with Gasteiger partial charge in [-0.15, -0.1) is 0 Å². The third-order valence-corrected chi connectivity index (χ3v) is 2.26. The number of hydrogen-bond donors (Lipinski definition) is 3. The Hall–Kier alpha value is -1.10. The fourth-order valence-electron chi connectivity index (χ4n) is 1.26. The van der Waals surface area contributed by atoms with Crippen molar-refractivity contribution in [1.29, 1.82) is 0 Å². The van der Waals surface area contributed by atoms with Gasteiger partial charge in [-0.2, -0.15) is 0 Å². The third-order valence-electron chi connectivity index (χ3n) is 2.26. The van der Waals surface area contributed by atoms with Crippen molar-refractivity contribution in [3.05, 3.63) is 0 Å². The topological polar surface area (TPSA) is 78.4 Å². The quantitative estimate of drug-likeness (QED) is 0.627. The summed E-state index contributed by atoms with van der Waals surface area (Å²) < 4.78 is 0. The molecule has 5 nitrogen and oxygen atoms in total. The Kier molecular flexibility index (Phi) is 6.80. The van der Waals surface area contributed by atoms with Gasteiger partial charge in [0.05, 0.1) is 6.54 Å². The van der Waals surface area contributed by atoms with Crippen molar-refractivity contribution in [2.75, 3.05) is 6.54 Å². The summed E-state index contributed by atoms with van der Waals surface area (Å²) >= 11 is 0. The number of carboxylic acids is 1. The Morgan fingerprint density at radius 2 is 1.88 bits per heavy atom. The van der Waals surface area contributed by atoms with E-state index < -0.39 is 12.0 Å². The molecule has 0 heterocycles. The van der Waals surface area contributed by atoms with Crippen LogP contribution < -0.4 is 10.6 Å². The van der Waals surface area contributed by atoms with Crippen molar-refractivity contribution >= 4 is 11.9 Å². The molecule has 0 saturated heterocycles. The van der Waals surface area contributed by atoms with Crippen LogP contribution in [-0.4, -0.2) is 35.1 Å². The summed E-state index contributed by atoms with van der Waals surface area (Å²) in [7, 11) is 0. The van der Waals surface area contributed by atoms with E-state index in [-0.39, 0.29) is 18.0 Å². The smallest absolute Gasteiger partial charge is 0.326 e. The molecule has 0 aliphatic heterocycles. The lowest BCUT2D eigenvalue weighted by Crippen LogP contribution is -2.48. The SMILES string of the molecule is CCCC[C@H](NC(=O)CNC(C)(C)C)C(=O)O. The molecule has 0 rings (SSSR count). The van der Waals surface area contributed by atoms with Crippen molar-refractivity contribution < 1.29 is 14.7 Å². The number of aliphatic carboxylic acids is 1. The average molecular weight is 244 g/mol. The highest BCUT2D eigenvalue weighted by molar-refractivity contribution is 5.84. The van der Waals surface area contributed by atoms with Crippen molar-refractivity contribution in [2.24, 2.45) is 0 Å². The fourth-order valence-corrected chi connectivity index (χ4v) is 1.26. The van der Waals surface area contributed by atoms with Gasteiger partial charge < -0.3 is 15.7 Å². The van der Waals surface area contributed by atoms with Crippen LogP contribution in [0.2, 0.25) is 0 Å². The largest absolute Gasteiger partial charge is 0.480 e. The minimum absolute atomic E-state index is 0.138. The Bertz CT molecular complexity index is 259. The normalized spacial score (nSPS) is 13.2. The molecule has 0 radical (unpaired) electrons. The zero-order valence-corrected chi connectivity index (χ0v) is 11.2. The second-order valence-corrected chi connectivity index (χ2v) is 5.20. The lowest BCUT2D eigenvalue weighted by atomic mass is 10.1. The van der Waals surface area contributed by atoms with Crippen LogP contribution in [0.25, 0.3) is 0 Å². The molecular formula is C12H24N2O3. The van der Waals surface area contributed by atoms with E-state index in [0.717, 1.165) is 12.8 Å². The number of nitrogens with one attached hydrogen (secondary N) is 2. The maximum absolute atomic E-state index is 11.5. The van der Waals surface area contributed by atoms with E-state index in [0.29, 0.717) is 6.42 Å². The second-order valence-electron chi connectivity index (χ2n) is 5.20. The molecule has 1 amide bonds. The van der Waals surface area contributed by atoms with E-state index in [1.165, 1.54) is 0 Å². The van der Waals surface area contributed by atoms with Gasteiger partial charge in [0.2, 0.25) is 5.91 Å². The monoisotopic (exact) mass is 244 g/mol. The first-order valence-corrected chi connectivity index (χ1v) is 6.03. The second kappa shape index (κ2) is 7.27. The zero-order valence-electron chi connectivity index (χ0n) is 11.2. The minimum Gasteiger partial charge on any atom is -0.480 e. The van der Waals surface area contributed by atoms with E-state index >= 15 is 0 Å². The van der Waals surface area contributed by atoms with Crippen LogP contribution in [0.4, 0.5) is 0 Å². The molecule has 0 aromatic heterocycles. The highest BCUT2D eigenvalue weighted by Gasteiger charge is 2.19. The van der Waals surface area contributed by atoms with Crippen LogP contribution in [0.15, 0.2) is 0 Å². The van der Waals surface area contributed by atoms with Crippen molar-refractivity contribution in [3.8, 4) is 0 Å². The molecule has 5 heteroatoms. The lowest BCUT2D eigenvalue weighted by Gasteiger charge is -2.21. The van der Waals surface area contributed by atoms with Crippen molar-refractivity contribution in [2.45, 2.75) is 58.5 Å². The van der Waals surface area contributed by atoms with Crippen LogP contribution in [0.1, 0.15) is 47.0 Å². The summed E-state index contributed by atoms with van der Waals surface area (Å²) in [6.45, 7) is 7.98. The van der Waals surface area contributed by atoms with Gasteiger partial charge in [0.1, 0.15) is 6.04 Å². The van der Waals surface area contributed by atoms with Gasteiger partial charge in [-0.05, 0) is 27.2 Å². The van der Waals surface area contributed by atoms with Gasteiger partial charge in [-0.1, -0.05) is 19.8 Å². The Morgan fingerprint density at radius 3 is 2.29 bits per heavy atom. The molecule has 100 valence electrons. The Balaban J connectivity index is 4.08. The van der Waals surface area contributed by atoms with E-state index in [2.05, 4.69) is 10.6 Å². The number of carbonyl (C=O) groups excluding carboxylic acids is 1. The highest BCUT2D eigenvalue weighted by atomic mass is 16.4. The van der Waals surface area contributed by atoms with Gasteiger partial charge >= 0.3 is 5.97 Å². The number of unbranched alkanes of at least 4 members (excludes halogenated alkanes) is 1. The first kappa shape index (κ1) is 15.9. The molecule has 0 bridgehead atoms. The summed E-state index contributed by atoms with van der Waals surface area (Å²) in [6.07, 6.45) is 2.19. The van der Waals surface area contributed by atoms with Crippen molar-refractivity contribution in [3.63, 3.8) is 0 Å². The minimum atomic E-state index is -0.970. The van der Waals surface area contributed by atoms with E-state index in [9.17, 15) is 9.59 Å². The van der Waals surface area contributed by atoms with E-state index in [1.807, 2.05) is 27.7 Å². The maximum Gasteiger partial charge on any atom is 0.326 e. The number of hydrogen-bond acceptors (Lipinski definition) is 3. The Morgan fingerprint density at radius 1 is 1.29 bits per heavy atom. The fraction of sp³-hybridized carbons (Fsp3) is 0.833. The standard InChI is InChI=1S/C12H24N2O3/c1-5-6-7-9(11(16)17)14-10(15)8-13-12(2,3)4/h9,13H,5-8H2,1-4H3,(H,14,15)(H,16,17)/t9-/m0/s1. The van der Waals surface area contributed by atoms with Crippen LogP contribution in [-0.2, 0) is 9.59 Å². The van der Waals surface area contributed by atoms with Crippen molar-refractivity contribution in [1.82, 2.24) is 10.6 Å². The molecule has 0 spiro atoms. The number of rotatable bonds is 7. The molecule has 0 aromatic rings. The van der Waals surface area contributed by atoms with E-state index in [4.69, 9.17) is 5.11 Å². The average Bonchev–Trinajstić information content (AvgIpc) is 2.19. The summed E-state index contributed by atoms with van der Waals surface area (Å²) in [5, 5.41) is 14.5. The molecule has 0 fully saturated rings. The number of carboxylic acid groups (broad SMARTS) is 1. The predicted molar refractivity (Wildman–Crippen MR) is 66.8 cm³/mol. The number of amides is 1. The first-order valence-electron chi connectivity index (χ1n) is 6.03. The van der Waals surface area contributed by atoms with Crippen LogP contribution in [0, 0.1) is 0 Å². The van der Waals surface area contributed by atoms with Gasteiger partial charge in [0.25, 0.3) is 0 Å². The summed E-state index contributed by atoms with van der Waals surface area (Å²) in [5.74, 6) is -1.24. The predicted octanol–water partition coefficient (Wildman–Crippen LogP) is 1.13. The van der Waals surface area contributed by atoms with Crippen LogP contribution in [0.5, 0.6) is 0 Å². The molecule has 0 aliphatic carbocycles. The molecular weight excluding hydrogens is 220 g/mol. The van der Waals surface area contributed by atoms with E-state index in [1.54, 1.807) is 0 Å². The Labute approximate surface area is 103 Å². The molecule has 0 aliphatic rings. The summed E-state index contributed by atoms with van der Waals surface area (Å²) in [6, 6.07) is -0.774. The highest BCUT2D eigenvalue weighted by Crippen LogP contribution is 2.01. The molecule has 17 heavy (non-hydrogen) atoms. The lowest BCUT2D eigenvalue weighted by molar-refractivity contribution is -0.141. The van der Waals surface area contributed by atoms with Gasteiger partial charge in [-0.25, -0.2) is 4.79 Å².